The maximum absolute atomic E-state index is 6.28. The molecule has 106 valence electrons. The number of nitrogens with zero attached hydrogens (tertiary/aromatic N) is 3. The first-order valence-corrected chi connectivity index (χ1v) is 7.13. The van der Waals surface area contributed by atoms with Crippen LogP contribution in [0.5, 0.6) is 0 Å². The topological polar surface area (TPSA) is 54.2 Å². The quantitative estimate of drug-likeness (QED) is 0.939. The molecule has 1 N–H and O–H groups in total. The van der Waals surface area contributed by atoms with Gasteiger partial charge in [-0.25, -0.2) is 0 Å². The van der Waals surface area contributed by atoms with Gasteiger partial charge in [0.05, 0.1) is 17.1 Å². The molecule has 5 nitrogen and oxygen atoms in total. The number of aromatic nitrogens is 2. The Hall–Kier alpha value is -1.43. The van der Waals surface area contributed by atoms with E-state index in [1.165, 1.54) is 0 Å². The van der Waals surface area contributed by atoms with E-state index in [0.717, 1.165) is 37.3 Å². The van der Waals surface area contributed by atoms with Crippen LogP contribution in [0.4, 0.5) is 0 Å². The van der Waals surface area contributed by atoms with Crippen LogP contribution in [0.2, 0.25) is 5.02 Å². The van der Waals surface area contributed by atoms with Gasteiger partial charge in [0.1, 0.15) is 0 Å². The van der Waals surface area contributed by atoms with E-state index in [1.807, 2.05) is 25.1 Å². The van der Waals surface area contributed by atoms with Crippen LogP contribution >= 0.6 is 11.6 Å². The highest BCUT2D eigenvalue weighted by Gasteiger charge is 2.16. The van der Waals surface area contributed by atoms with E-state index < -0.39 is 0 Å². The molecule has 3 rings (SSSR count). The Labute approximate surface area is 122 Å². The van der Waals surface area contributed by atoms with Gasteiger partial charge in [0.2, 0.25) is 0 Å². The summed E-state index contributed by atoms with van der Waals surface area (Å²) in [6.45, 7) is 6.71. The average Bonchev–Trinajstić information content (AvgIpc) is 2.91. The molecule has 1 aromatic carbocycles. The van der Waals surface area contributed by atoms with Gasteiger partial charge in [-0.15, -0.1) is 0 Å². The fraction of sp³-hybridized carbons (Fsp3) is 0.429. The van der Waals surface area contributed by atoms with Crippen LogP contribution in [0.3, 0.4) is 0 Å². The Morgan fingerprint density at radius 2 is 2.15 bits per heavy atom. The van der Waals surface area contributed by atoms with Gasteiger partial charge in [-0.2, -0.15) is 4.98 Å². The second-order valence-electron chi connectivity index (χ2n) is 4.98. The van der Waals surface area contributed by atoms with E-state index in [1.54, 1.807) is 0 Å². The van der Waals surface area contributed by atoms with E-state index in [2.05, 4.69) is 20.4 Å². The van der Waals surface area contributed by atoms with E-state index in [9.17, 15) is 0 Å². The minimum Gasteiger partial charge on any atom is -0.334 e. The van der Waals surface area contributed by atoms with Crippen molar-refractivity contribution in [2.24, 2.45) is 0 Å². The zero-order valence-corrected chi connectivity index (χ0v) is 12.2. The molecule has 0 aliphatic carbocycles. The van der Waals surface area contributed by atoms with E-state index in [4.69, 9.17) is 16.1 Å². The highest BCUT2D eigenvalue weighted by Crippen LogP contribution is 2.29. The number of hydrogen-bond donors (Lipinski definition) is 1. The summed E-state index contributed by atoms with van der Waals surface area (Å²) in [7, 11) is 0. The first kappa shape index (κ1) is 13.5. The molecule has 0 spiro atoms. The summed E-state index contributed by atoms with van der Waals surface area (Å²) >= 11 is 6.28. The second-order valence-corrected chi connectivity index (χ2v) is 5.36. The third-order valence-electron chi connectivity index (χ3n) is 3.46. The Kier molecular flexibility index (Phi) is 4.00. The van der Waals surface area contributed by atoms with Crippen molar-refractivity contribution in [2.75, 3.05) is 26.2 Å². The zero-order chi connectivity index (χ0) is 13.9. The van der Waals surface area contributed by atoms with Crippen molar-refractivity contribution in [3.8, 4) is 11.5 Å². The fourth-order valence-electron chi connectivity index (χ4n) is 2.31. The SMILES string of the molecule is Cc1cccc(-c2nc(CN3CCNCC3)no2)c1Cl. The number of piperazine rings is 1. The van der Waals surface area contributed by atoms with Gasteiger partial charge in [-0.05, 0) is 18.6 Å². The molecule has 20 heavy (non-hydrogen) atoms. The Morgan fingerprint density at radius 1 is 1.35 bits per heavy atom. The van der Waals surface area contributed by atoms with E-state index >= 15 is 0 Å². The second kappa shape index (κ2) is 5.91. The summed E-state index contributed by atoms with van der Waals surface area (Å²) in [4.78, 5) is 6.76. The van der Waals surface area contributed by atoms with Crippen LogP contribution in [-0.2, 0) is 6.54 Å². The van der Waals surface area contributed by atoms with Crippen LogP contribution in [0.1, 0.15) is 11.4 Å². The first-order chi connectivity index (χ1) is 9.74. The monoisotopic (exact) mass is 292 g/mol. The predicted octanol–water partition coefficient (Wildman–Crippen LogP) is 2.10. The van der Waals surface area contributed by atoms with Gasteiger partial charge in [-0.1, -0.05) is 28.9 Å². The van der Waals surface area contributed by atoms with E-state index in [-0.39, 0.29) is 0 Å². The summed E-state index contributed by atoms with van der Waals surface area (Å²) < 4.78 is 5.34. The highest BCUT2D eigenvalue weighted by atomic mass is 35.5. The van der Waals surface area contributed by atoms with Gasteiger partial charge < -0.3 is 9.84 Å². The van der Waals surface area contributed by atoms with Crippen molar-refractivity contribution in [1.82, 2.24) is 20.4 Å². The lowest BCUT2D eigenvalue weighted by molar-refractivity contribution is 0.225. The molecule has 0 atom stereocenters. The van der Waals surface area contributed by atoms with Crippen molar-refractivity contribution < 1.29 is 4.52 Å². The zero-order valence-electron chi connectivity index (χ0n) is 11.4. The Morgan fingerprint density at radius 3 is 2.95 bits per heavy atom. The third kappa shape index (κ3) is 2.85. The molecule has 1 aliphatic heterocycles. The number of rotatable bonds is 3. The summed E-state index contributed by atoms with van der Waals surface area (Å²) in [5.74, 6) is 1.20. The molecular weight excluding hydrogens is 276 g/mol. The molecule has 1 aliphatic rings. The molecule has 0 amide bonds. The molecule has 2 aromatic rings. The van der Waals surface area contributed by atoms with Crippen molar-refractivity contribution in [3.63, 3.8) is 0 Å². The maximum atomic E-state index is 6.28. The summed E-state index contributed by atoms with van der Waals surface area (Å²) in [6, 6.07) is 5.80. The predicted molar refractivity (Wildman–Crippen MR) is 77.6 cm³/mol. The van der Waals surface area contributed by atoms with Crippen molar-refractivity contribution in [1.29, 1.82) is 0 Å². The average molecular weight is 293 g/mol. The minimum absolute atomic E-state index is 0.490. The lowest BCUT2D eigenvalue weighted by Crippen LogP contribution is -2.43. The lowest BCUT2D eigenvalue weighted by Gasteiger charge is -2.25. The molecule has 1 fully saturated rings. The van der Waals surface area contributed by atoms with Gasteiger partial charge in [0.15, 0.2) is 5.82 Å². The number of aryl methyl sites for hydroxylation is 1. The van der Waals surface area contributed by atoms with Crippen LogP contribution in [-0.4, -0.2) is 41.2 Å². The van der Waals surface area contributed by atoms with Gasteiger partial charge in [-0.3, -0.25) is 4.90 Å². The smallest absolute Gasteiger partial charge is 0.259 e. The minimum atomic E-state index is 0.490. The lowest BCUT2D eigenvalue weighted by atomic mass is 10.1. The molecule has 0 unspecified atom stereocenters. The van der Waals surface area contributed by atoms with Crippen molar-refractivity contribution in [3.05, 3.63) is 34.6 Å². The molecule has 1 saturated heterocycles. The number of nitrogens with one attached hydrogen (secondary N) is 1. The first-order valence-electron chi connectivity index (χ1n) is 6.75. The number of hydrogen-bond acceptors (Lipinski definition) is 5. The third-order valence-corrected chi connectivity index (χ3v) is 3.97. The summed E-state index contributed by atoms with van der Waals surface area (Å²) in [5, 5.41) is 8.04. The van der Waals surface area contributed by atoms with Gasteiger partial charge in [0, 0.05) is 26.2 Å². The van der Waals surface area contributed by atoms with Crippen LogP contribution in [0, 0.1) is 6.92 Å². The fourth-order valence-corrected chi connectivity index (χ4v) is 2.52. The molecule has 1 aromatic heterocycles. The molecular formula is C14H17ClN4O. The van der Waals surface area contributed by atoms with Gasteiger partial charge in [0.25, 0.3) is 5.89 Å². The molecule has 2 heterocycles. The number of benzene rings is 1. The maximum Gasteiger partial charge on any atom is 0.259 e. The molecule has 0 saturated carbocycles. The van der Waals surface area contributed by atoms with Gasteiger partial charge >= 0.3 is 0 Å². The molecule has 6 heteroatoms. The largest absolute Gasteiger partial charge is 0.334 e. The summed E-state index contributed by atoms with van der Waals surface area (Å²) in [5.41, 5.74) is 1.80. The number of halogens is 1. The standard InChI is InChI=1S/C14H17ClN4O/c1-10-3-2-4-11(13(10)15)14-17-12(18-20-14)9-19-7-5-16-6-8-19/h2-4,16H,5-9H2,1H3. The molecule has 0 bridgehead atoms. The van der Waals surface area contributed by atoms with E-state index in [0.29, 0.717) is 23.3 Å². The van der Waals surface area contributed by atoms with Crippen molar-refractivity contribution >= 4 is 11.6 Å². The normalized spacial score (nSPS) is 16.5. The van der Waals surface area contributed by atoms with Crippen LogP contribution in [0.15, 0.2) is 22.7 Å². The van der Waals surface area contributed by atoms with Crippen LogP contribution in [0.25, 0.3) is 11.5 Å². The molecule has 0 radical (unpaired) electrons. The Balaban J connectivity index is 1.77. The highest BCUT2D eigenvalue weighted by molar-refractivity contribution is 6.33. The summed E-state index contributed by atoms with van der Waals surface area (Å²) in [6.07, 6.45) is 0. The van der Waals surface area contributed by atoms with Crippen molar-refractivity contribution in [2.45, 2.75) is 13.5 Å². The van der Waals surface area contributed by atoms with Crippen LogP contribution < -0.4 is 5.32 Å². The Bertz CT molecular complexity index is 593.